The molecule has 0 aliphatic carbocycles. The number of hydrogen-bond donors (Lipinski definition) is 2. The van der Waals surface area contributed by atoms with E-state index in [1.165, 1.54) is 4.90 Å². The van der Waals surface area contributed by atoms with Crippen molar-refractivity contribution in [3.63, 3.8) is 0 Å². The van der Waals surface area contributed by atoms with Crippen LogP contribution in [0.15, 0.2) is 52.1 Å². The summed E-state index contributed by atoms with van der Waals surface area (Å²) in [5.74, 6) is -1.24. The van der Waals surface area contributed by atoms with Crippen LogP contribution in [0.2, 0.25) is 0 Å². The Kier molecular flexibility index (Phi) is 3.42. The van der Waals surface area contributed by atoms with Crippen molar-refractivity contribution < 1.29 is 9.90 Å². The Morgan fingerprint density at radius 1 is 1.00 bits per heavy atom. The fourth-order valence-corrected chi connectivity index (χ4v) is 3.17. The minimum Gasteiger partial charge on any atom is -0.501 e. The molecule has 2 aromatic carbocycles. The van der Waals surface area contributed by atoms with Crippen LogP contribution in [0.25, 0.3) is 10.8 Å². The number of aromatic amines is 1. The zero-order chi connectivity index (χ0) is 17.6. The van der Waals surface area contributed by atoms with Gasteiger partial charge in [0.1, 0.15) is 0 Å². The third-order valence-electron chi connectivity index (χ3n) is 4.45. The number of aromatic nitrogens is 2. The van der Waals surface area contributed by atoms with E-state index >= 15 is 0 Å². The van der Waals surface area contributed by atoms with Crippen molar-refractivity contribution in [2.24, 2.45) is 0 Å². The summed E-state index contributed by atoms with van der Waals surface area (Å²) in [6, 6.07) is 13.8. The SMILES string of the molecule is O=C1c2c(O)c(=O)[nH]c(=O)n2CCN1Cc1ccc2ccccc2c1. The molecule has 0 bridgehead atoms. The first-order valence-electron chi connectivity index (χ1n) is 7.87. The van der Waals surface area contributed by atoms with Crippen molar-refractivity contribution in [2.45, 2.75) is 13.1 Å². The smallest absolute Gasteiger partial charge is 0.329 e. The van der Waals surface area contributed by atoms with Crippen LogP contribution >= 0.6 is 0 Å². The number of nitrogens with one attached hydrogen (secondary N) is 1. The van der Waals surface area contributed by atoms with Crippen LogP contribution in [-0.2, 0) is 13.1 Å². The molecule has 0 atom stereocenters. The van der Waals surface area contributed by atoms with Crippen LogP contribution in [0, 0.1) is 0 Å². The molecule has 0 saturated carbocycles. The molecule has 0 fully saturated rings. The number of nitrogens with zero attached hydrogens (tertiary/aromatic N) is 2. The van der Waals surface area contributed by atoms with E-state index < -0.39 is 22.9 Å². The van der Waals surface area contributed by atoms with Crippen molar-refractivity contribution in [1.29, 1.82) is 0 Å². The van der Waals surface area contributed by atoms with Gasteiger partial charge < -0.3 is 10.0 Å². The number of benzene rings is 2. The molecule has 1 amide bonds. The summed E-state index contributed by atoms with van der Waals surface area (Å²) in [6.07, 6.45) is 0. The van der Waals surface area contributed by atoms with Crippen LogP contribution < -0.4 is 11.2 Å². The quantitative estimate of drug-likeness (QED) is 0.731. The van der Waals surface area contributed by atoms with Gasteiger partial charge in [-0.15, -0.1) is 0 Å². The van der Waals surface area contributed by atoms with Gasteiger partial charge in [-0.1, -0.05) is 36.4 Å². The Bertz CT molecular complexity index is 1110. The topological polar surface area (TPSA) is 95.4 Å². The van der Waals surface area contributed by atoms with E-state index in [9.17, 15) is 19.5 Å². The normalized spacial score (nSPS) is 13.9. The van der Waals surface area contributed by atoms with E-state index in [-0.39, 0.29) is 12.2 Å². The standard InChI is InChI=1S/C18H15N3O4/c22-15-14-17(24)20(7-8-21(14)18(25)19-16(15)23)10-11-5-6-12-3-1-2-4-13(12)9-11/h1-6,9,22H,7-8,10H2,(H,19,23,25). The summed E-state index contributed by atoms with van der Waals surface area (Å²) in [5, 5.41) is 12.1. The zero-order valence-electron chi connectivity index (χ0n) is 13.2. The van der Waals surface area contributed by atoms with Gasteiger partial charge in [0, 0.05) is 19.6 Å². The third kappa shape index (κ3) is 2.50. The van der Waals surface area contributed by atoms with Crippen molar-refractivity contribution in [2.75, 3.05) is 6.54 Å². The van der Waals surface area contributed by atoms with Gasteiger partial charge in [0.05, 0.1) is 0 Å². The molecule has 2 heterocycles. The van der Waals surface area contributed by atoms with Crippen LogP contribution in [0.5, 0.6) is 5.75 Å². The second-order valence-corrected chi connectivity index (χ2v) is 6.02. The Labute approximate surface area is 141 Å². The molecular weight excluding hydrogens is 322 g/mol. The molecule has 3 aromatic rings. The average Bonchev–Trinajstić information content (AvgIpc) is 2.61. The minimum absolute atomic E-state index is 0.220. The van der Waals surface area contributed by atoms with Crippen LogP contribution in [0.4, 0.5) is 0 Å². The number of carbonyl (C=O) groups excluding carboxylic acids is 1. The van der Waals surface area contributed by atoms with Crippen molar-refractivity contribution >= 4 is 16.7 Å². The van der Waals surface area contributed by atoms with Crippen molar-refractivity contribution in [1.82, 2.24) is 14.5 Å². The summed E-state index contributed by atoms with van der Waals surface area (Å²) in [5.41, 5.74) is -0.943. The van der Waals surface area contributed by atoms with E-state index in [1.54, 1.807) is 0 Å². The van der Waals surface area contributed by atoms with Crippen molar-refractivity contribution in [3.8, 4) is 5.75 Å². The van der Waals surface area contributed by atoms with Gasteiger partial charge in [-0.25, -0.2) is 4.79 Å². The molecule has 1 aliphatic rings. The van der Waals surface area contributed by atoms with Crippen LogP contribution in [0.3, 0.4) is 0 Å². The first-order valence-corrected chi connectivity index (χ1v) is 7.87. The molecule has 1 aliphatic heterocycles. The molecule has 7 nitrogen and oxygen atoms in total. The summed E-state index contributed by atoms with van der Waals surface area (Å²) in [4.78, 5) is 39.6. The second-order valence-electron chi connectivity index (χ2n) is 6.02. The predicted molar refractivity (Wildman–Crippen MR) is 91.7 cm³/mol. The highest BCUT2D eigenvalue weighted by atomic mass is 16.3. The lowest BCUT2D eigenvalue weighted by Gasteiger charge is -2.29. The molecule has 0 saturated heterocycles. The summed E-state index contributed by atoms with van der Waals surface area (Å²) >= 11 is 0. The molecule has 0 unspecified atom stereocenters. The molecule has 0 spiro atoms. The summed E-state index contributed by atoms with van der Waals surface area (Å²) in [7, 11) is 0. The van der Waals surface area contributed by atoms with Gasteiger partial charge in [0.2, 0.25) is 5.75 Å². The van der Waals surface area contributed by atoms with E-state index in [2.05, 4.69) is 0 Å². The molecule has 1 aromatic heterocycles. The summed E-state index contributed by atoms with van der Waals surface area (Å²) in [6.45, 7) is 0.881. The van der Waals surface area contributed by atoms with E-state index in [1.807, 2.05) is 47.4 Å². The minimum atomic E-state index is -0.947. The lowest BCUT2D eigenvalue weighted by molar-refractivity contribution is 0.0679. The average molecular weight is 337 g/mol. The number of carbonyl (C=O) groups is 1. The number of aromatic hydroxyl groups is 1. The van der Waals surface area contributed by atoms with Gasteiger partial charge in [0.25, 0.3) is 11.5 Å². The second kappa shape index (κ2) is 5.62. The number of H-pyrrole nitrogens is 1. The monoisotopic (exact) mass is 337 g/mol. The number of amides is 1. The number of hydrogen-bond acceptors (Lipinski definition) is 4. The van der Waals surface area contributed by atoms with E-state index in [0.717, 1.165) is 20.9 Å². The van der Waals surface area contributed by atoms with Crippen LogP contribution in [-0.4, -0.2) is 32.0 Å². The highest BCUT2D eigenvalue weighted by Gasteiger charge is 2.30. The first-order chi connectivity index (χ1) is 12.0. The number of fused-ring (bicyclic) bond motifs is 2. The summed E-state index contributed by atoms with van der Waals surface area (Å²) < 4.78 is 1.11. The lowest BCUT2D eigenvalue weighted by Crippen LogP contribution is -2.46. The lowest BCUT2D eigenvalue weighted by atomic mass is 10.1. The maximum Gasteiger partial charge on any atom is 0.329 e. The zero-order valence-corrected chi connectivity index (χ0v) is 13.2. The van der Waals surface area contributed by atoms with Crippen molar-refractivity contribution in [3.05, 3.63) is 74.6 Å². The Hall–Kier alpha value is -3.35. The predicted octanol–water partition coefficient (Wildman–Crippen LogP) is 1.05. The molecular formula is C18H15N3O4. The van der Waals surface area contributed by atoms with Gasteiger partial charge in [-0.3, -0.25) is 19.1 Å². The molecule has 2 N–H and O–H groups in total. The Morgan fingerprint density at radius 3 is 2.56 bits per heavy atom. The fourth-order valence-electron chi connectivity index (χ4n) is 3.17. The van der Waals surface area contributed by atoms with Crippen LogP contribution in [0.1, 0.15) is 16.1 Å². The highest BCUT2D eigenvalue weighted by Crippen LogP contribution is 2.21. The first kappa shape index (κ1) is 15.2. The van der Waals surface area contributed by atoms with Gasteiger partial charge in [0.15, 0.2) is 5.69 Å². The van der Waals surface area contributed by atoms with E-state index in [4.69, 9.17) is 0 Å². The van der Waals surface area contributed by atoms with Gasteiger partial charge >= 0.3 is 5.69 Å². The third-order valence-corrected chi connectivity index (χ3v) is 4.45. The molecule has 4 rings (SSSR count). The maximum atomic E-state index is 12.7. The Morgan fingerprint density at radius 2 is 1.76 bits per heavy atom. The maximum absolute atomic E-state index is 12.7. The molecule has 7 heteroatoms. The van der Waals surface area contributed by atoms with E-state index in [0.29, 0.717) is 13.1 Å². The molecule has 25 heavy (non-hydrogen) atoms. The molecule has 0 radical (unpaired) electrons. The highest BCUT2D eigenvalue weighted by molar-refractivity contribution is 5.95. The largest absolute Gasteiger partial charge is 0.501 e. The number of rotatable bonds is 2. The fraction of sp³-hybridized carbons (Fsp3) is 0.167. The Balaban J connectivity index is 1.69. The molecule has 126 valence electrons. The van der Waals surface area contributed by atoms with Gasteiger partial charge in [-0.05, 0) is 22.4 Å². The van der Waals surface area contributed by atoms with Gasteiger partial charge in [-0.2, -0.15) is 0 Å².